The van der Waals surface area contributed by atoms with E-state index in [1.165, 1.54) is 17.4 Å². The first kappa shape index (κ1) is 17.9. The summed E-state index contributed by atoms with van der Waals surface area (Å²) in [6.07, 6.45) is 1.22. The van der Waals surface area contributed by atoms with Crippen molar-refractivity contribution in [1.82, 2.24) is 4.57 Å². The SMILES string of the molecule is CCCn1c(=NC(=O)CCSc2ccccc2)sc2cccc(F)c21. The molecular weight excluding hydrogens is 355 g/mol. The molecule has 6 heteroatoms. The van der Waals surface area contributed by atoms with Crippen LogP contribution < -0.4 is 4.80 Å². The van der Waals surface area contributed by atoms with Gasteiger partial charge in [0.2, 0.25) is 5.91 Å². The molecule has 0 aliphatic rings. The van der Waals surface area contributed by atoms with Crippen molar-refractivity contribution in [3.8, 4) is 0 Å². The van der Waals surface area contributed by atoms with Gasteiger partial charge in [-0.2, -0.15) is 4.99 Å². The van der Waals surface area contributed by atoms with Crippen molar-refractivity contribution in [2.24, 2.45) is 4.99 Å². The van der Waals surface area contributed by atoms with Crippen LogP contribution in [-0.2, 0) is 11.3 Å². The summed E-state index contributed by atoms with van der Waals surface area (Å²) in [5.74, 6) is 0.246. The molecule has 0 radical (unpaired) electrons. The van der Waals surface area contributed by atoms with Gasteiger partial charge in [0, 0.05) is 23.6 Å². The van der Waals surface area contributed by atoms with Crippen LogP contribution in [0, 0.1) is 5.82 Å². The third-order valence-corrected chi connectivity index (χ3v) is 5.70. The normalized spacial score (nSPS) is 12.0. The molecule has 0 saturated carbocycles. The Bertz CT molecular complexity index is 931. The van der Waals surface area contributed by atoms with Crippen LogP contribution in [0.3, 0.4) is 0 Å². The fraction of sp³-hybridized carbons (Fsp3) is 0.263. The molecule has 3 rings (SSSR count). The van der Waals surface area contributed by atoms with Crippen molar-refractivity contribution in [2.75, 3.05) is 5.75 Å². The molecule has 3 aromatic rings. The van der Waals surface area contributed by atoms with Crippen molar-refractivity contribution in [1.29, 1.82) is 0 Å². The Morgan fingerprint density at radius 1 is 1.20 bits per heavy atom. The van der Waals surface area contributed by atoms with Gasteiger partial charge in [-0.15, -0.1) is 11.8 Å². The number of thioether (sulfide) groups is 1. The highest BCUT2D eigenvalue weighted by Gasteiger charge is 2.11. The molecule has 0 atom stereocenters. The van der Waals surface area contributed by atoms with Crippen molar-refractivity contribution in [3.05, 3.63) is 59.1 Å². The quantitative estimate of drug-likeness (QED) is 0.577. The van der Waals surface area contributed by atoms with E-state index in [1.807, 2.05) is 47.9 Å². The molecule has 1 aromatic heterocycles. The molecule has 0 saturated heterocycles. The summed E-state index contributed by atoms with van der Waals surface area (Å²) in [7, 11) is 0. The highest BCUT2D eigenvalue weighted by atomic mass is 32.2. The van der Waals surface area contributed by atoms with Gasteiger partial charge in [-0.25, -0.2) is 4.39 Å². The average molecular weight is 375 g/mol. The predicted molar refractivity (Wildman–Crippen MR) is 102 cm³/mol. The maximum Gasteiger partial charge on any atom is 0.249 e. The van der Waals surface area contributed by atoms with Crippen LogP contribution in [0.15, 0.2) is 58.4 Å². The number of nitrogens with zero attached hydrogens (tertiary/aromatic N) is 2. The number of amides is 1. The summed E-state index contributed by atoms with van der Waals surface area (Å²) in [6, 6.07) is 15.0. The minimum atomic E-state index is -0.268. The summed E-state index contributed by atoms with van der Waals surface area (Å²) in [6.45, 7) is 2.67. The summed E-state index contributed by atoms with van der Waals surface area (Å²) in [5, 5.41) is 0. The molecule has 0 aliphatic heterocycles. The van der Waals surface area contributed by atoms with Crippen LogP contribution in [0.1, 0.15) is 19.8 Å². The van der Waals surface area contributed by atoms with Crippen molar-refractivity contribution >= 4 is 39.2 Å². The number of aryl methyl sites for hydroxylation is 1. The van der Waals surface area contributed by atoms with Gasteiger partial charge in [-0.3, -0.25) is 4.79 Å². The number of aromatic nitrogens is 1. The van der Waals surface area contributed by atoms with Gasteiger partial charge in [-0.05, 0) is 30.7 Å². The lowest BCUT2D eigenvalue weighted by Crippen LogP contribution is -2.17. The third kappa shape index (κ3) is 4.38. The highest BCUT2D eigenvalue weighted by Crippen LogP contribution is 2.21. The number of thiazole rings is 1. The van der Waals surface area contributed by atoms with Crippen molar-refractivity contribution in [3.63, 3.8) is 0 Å². The number of benzene rings is 2. The minimum Gasteiger partial charge on any atom is -0.314 e. The van der Waals surface area contributed by atoms with E-state index in [-0.39, 0.29) is 11.7 Å². The van der Waals surface area contributed by atoms with E-state index in [4.69, 9.17) is 0 Å². The van der Waals surface area contributed by atoms with E-state index < -0.39 is 0 Å². The van der Waals surface area contributed by atoms with Crippen molar-refractivity contribution in [2.45, 2.75) is 31.2 Å². The number of hydrogen-bond donors (Lipinski definition) is 0. The number of hydrogen-bond acceptors (Lipinski definition) is 3. The monoisotopic (exact) mass is 374 g/mol. The molecule has 0 spiro atoms. The molecule has 3 nitrogen and oxygen atoms in total. The zero-order chi connectivity index (χ0) is 17.6. The van der Waals surface area contributed by atoms with Crippen LogP contribution in [0.4, 0.5) is 4.39 Å². The van der Waals surface area contributed by atoms with Gasteiger partial charge >= 0.3 is 0 Å². The third-order valence-electron chi connectivity index (χ3n) is 3.65. The molecule has 25 heavy (non-hydrogen) atoms. The van der Waals surface area contributed by atoms with Gasteiger partial charge in [0.05, 0.1) is 10.2 Å². The Hall–Kier alpha value is -1.92. The lowest BCUT2D eigenvalue weighted by Gasteiger charge is -2.03. The standard InChI is InChI=1S/C19H19FN2OS2/c1-2-12-22-18-15(20)9-6-10-16(18)25-19(22)21-17(23)11-13-24-14-7-4-3-5-8-14/h3-10H,2,11-13H2,1H3. The van der Waals surface area contributed by atoms with E-state index in [9.17, 15) is 9.18 Å². The van der Waals surface area contributed by atoms with Crippen LogP contribution in [0.25, 0.3) is 10.2 Å². The lowest BCUT2D eigenvalue weighted by atomic mass is 10.3. The fourth-order valence-electron chi connectivity index (χ4n) is 2.54. The van der Waals surface area contributed by atoms with Crippen LogP contribution in [0.5, 0.6) is 0 Å². The zero-order valence-electron chi connectivity index (χ0n) is 13.9. The van der Waals surface area contributed by atoms with Gasteiger partial charge in [0.1, 0.15) is 5.82 Å². The van der Waals surface area contributed by atoms with Gasteiger partial charge in [-0.1, -0.05) is 42.5 Å². The molecular formula is C19H19FN2OS2. The van der Waals surface area contributed by atoms with Crippen LogP contribution >= 0.6 is 23.1 Å². The molecule has 0 unspecified atom stereocenters. The molecule has 0 fully saturated rings. The number of para-hydroxylation sites is 1. The first-order valence-electron chi connectivity index (χ1n) is 8.22. The largest absolute Gasteiger partial charge is 0.314 e. The Morgan fingerprint density at radius 3 is 2.76 bits per heavy atom. The van der Waals surface area contributed by atoms with E-state index in [0.29, 0.717) is 29.0 Å². The predicted octanol–water partition coefficient (Wildman–Crippen LogP) is 4.86. The van der Waals surface area contributed by atoms with E-state index >= 15 is 0 Å². The van der Waals surface area contributed by atoms with E-state index in [1.54, 1.807) is 17.8 Å². The van der Waals surface area contributed by atoms with Crippen molar-refractivity contribution < 1.29 is 9.18 Å². The molecule has 0 N–H and O–H groups in total. The summed E-state index contributed by atoms with van der Waals surface area (Å²) in [5.41, 5.74) is 0.541. The average Bonchev–Trinajstić information content (AvgIpc) is 2.95. The molecule has 0 bridgehead atoms. The Kier molecular flexibility index (Phi) is 6.04. The number of halogens is 1. The lowest BCUT2D eigenvalue weighted by molar-refractivity contribution is -0.117. The minimum absolute atomic E-state index is 0.166. The Labute approximate surface area is 154 Å². The van der Waals surface area contributed by atoms with E-state index in [2.05, 4.69) is 4.99 Å². The summed E-state index contributed by atoms with van der Waals surface area (Å²) < 4.78 is 16.8. The van der Waals surface area contributed by atoms with Gasteiger partial charge in [0.15, 0.2) is 4.80 Å². The second-order valence-electron chi connectivity index (χ2n) is 5.54. The van der Waals surface area contributed by atoms with Crippen LogP contribution in [-0.4, -0.2) is 16.2 Å². The van der Waals surface area contributed by atoms with Crippen LogP contribution in [0.2, 0.25) is 0 Å². The maximum atomic E-state index is 14.2. The first-order chi connectivity index (χ1) is 12.2. The molecule has 130 valence electrons. The van der Waals surface area contributed by atoms with E-state index in [0.717, 1.165) is 16.0 Å². The topological polar surface area (TPSA) is 34.4 Å². The smallest absolute Gasteiger partial charge is 0.249 e. The molecule has 1 heterocycles. The molecule has 0 aliphatic carbocycles. The zero-order valence-corrected chi connectivity index (χ0v) is 15.6. The van der Waals surface area contributed by atoms with Gasteiger partial charge < -0.3 is 4.57 Å². The summed E-state index contributed by atoms with van der Waals surface area (Å²) >= 11 is 3.00. The number of fused-ring (bicyclic) bond motifs is 1. The Morgan fingerprint density at radius 2 is 2.00 bits per heavy atom. The Balaban J connectivity index is 1.79. The first-order valence-corrected chi connectivity index (χ1v) is 10.0. The number of rotatable bonds is 6. The number of carbonyl (C=O) groups excluding carboxylic acids is 1. The second-order valence-corrected chi connectivity index (χ2v) is 7.72. The summed E-state index contributed by atoms with van der Waals surface area (Å²) in [4.78, 5) is 18.2. The maximum absolute atomic E-state index is 14.2. The number of carbonyl (C=O) groups is 1. The fourth-order valence-corrected chi connectivity index (χ4v) is 4.49. The molecule has 2 aromatic carbocycles. The second kappa shape index (κ2) is 8.45. The highest BCUT2D eigenvalue weighted by molar-refractivity contribution is 7.99. The molecule has 1 amide bonds. The van der Waals surface area contributed by atoms with Gasteiger partial charge in [0.25, 0.3) is 0 Å².